The second-order valence-electron chi connectivity index (χ2n) is 4.11. The summed E-state index contributed by atoms with van der Waals surface area (Å²) >= 11 is 0. The molecule has 0 fully saturated rings. The van der Waals surface area contributed by atoms with Gasteiger partial charge in [0, 0.05) is 0 Å². The largest absolute Gasteiger partial charge is 0.496 e. The molecule has 0 aliphatic rings. The van der Waals surface area contributed by atoms with Crippen molar-refractivity contribution in [3.63, 3.8) is 0 Å². The van der Waals surface area contributed by atoms with E-state index in [1.165, 1.54) is 0 Å². The first-order valence-electron chi connectivity index (χ1n) is 5.78. The summed E-state index contributed by atoms with van der Waals surface area (Å²) in [5, 5.41) is 14.9. The lowest BCUT2D eigenvalue weighted by atomic mass is 10.2. The molecule has 0 radical (unpaired) electrons. The summed E-state index contributed by atoms with van der Waals surface area (Å²) in [5.41, 5.74) is 1.98. The maximum absolute atomic E-state index is 5.24. The molecule has 0 bridgehead atoms. The molecule has 18 heavy (non-hydrogen) atoms. The van der Waals surface area contributed by atoms with Crippen LogP contribution in [0.3, 0.4) is 0 Å². The maximum Gasteiger partial charge on any atom is 0.173 e. The quantitative estimate of drug-likeness (QED) is 0.881. The van der Waals surface area contributed by atoms with Crippen LogP contribution < -0.4 is 10.1 Å². The van der Waals surface area contributed by atoms with Crippen LogP contribution in [0.4, 0.5) is 0 Å². The zero-order valence-corrected chi connectivity index (χ0v) is 11.0. The summed E-state index contributed by atoms with van der Waals surface area (Å²) in [7, 11) is 3.54. The Bertz CT molecular complexity index is 537. The Morgan fingerprint density at radius 3 is 2.78 bits per heavy atom. The summed E-state index contributed by atoms with van der Waals surface area (Å²) < 4.78 is 6.97. The van der Waals surface area contributed by atoms with Gasteiger partial charge in [0.2, 0.25) is 0 Å². The van der Waals surface area contributed by atoms with Gasteiger partial charge in [-0.25, -0.2) is 0 Å². The fourth-order valence-corrected chi connectivity index (χ4v) is 1.77. The lowest BCUT2D eigenvalue weighted by molar-refractivity contribution is 0.411. The monoisotopic (exact) mass is 247 g/mol. The number of nitrogens with zero attached hydrogens (tertiary/aromatic N) is 4. The van der Waals surface area contributed by atoms with Gasteiger partial charge in [-0.1, -0.05) is 0 Å². The third-order valence-electron chi connectivity index (χ3n) is 2.94. The fourth-order valence-electron chi connectivity index (χ4n) is 1.77. The maximum atomic E-state index is 5.24. The molecule has 6 nitrogen and oxygen atoms in total. The number of nitrogens with one attached hydrogen (secondary N) is 1. The SMILES string of the molecule is CNC(C)c1nnnn1-c1ccc(OC)c(C)c1. The van der Waals surface area contributed by atoms with Gasteiger partial charge in [0.05, 0.1) is 18.8 Å². The van der Waals surface area contributed by atoms with Gasteiger partial charge in [0.1, 0.15) is 5.75 Å². The van der Waals surface area contributed by atoms with Gasteiger partial charge in [-0.2, -0.15) is 4.68 Å². The van der Waals surface area contributed by atoms with Crippen LogP contribution >= 0.6 is 0 Å². The van der Waals surface area contributed by atoms with E-state index >= 15 is 0 Å². The van der Waals surface area contributed by atoms with E-state index in [-0.39, 0.29) is 6.04 Å². The summed E-state index contributed by atoms with van der Waals surface area (Å²) in [6.45, 7) is 4.01. The van der Waals surface area contributed by atoms with E-state index in [2.05, 4.69) is 20.8 Å². The molecule has 1 aromatic carbocycles. The lowest BCUT2D eigenvalue weighted by Gasteiger charge is -2.11. The second-order valence-corrected chi connectivity index (χ2v) is 4.11. The molecule has 2 aromatic rings. The Balaban J connectivity index is 2.43. The zero-order chi connectivity index (χ0) is 13.1. The van der Waals surface area contributed by atoms with Crippen molar-refractivity contribution in [2.24, 2.45) is 0 Å². The smallest absolute Gasteiger partial charge is 0.173 e. The normalized spacial score (nSPS) is 12.4. The molecule has 2 rings (SSSR count). The van der Waals surface area contributed by atoms with Crippen LogP contribution in [0.1, 0.15) is 24.4 Å². The van der Waals surface area contributed by atoms with E-state index in [1.54, 1.807) is 11.8 Å². The van der Waals surface area contributed by atoms with E-state index < -0.39 is 0 Å². The summed E-state index contributed by atoms with van der Waals surface area (Å²) in [6.07, 6.45) is 0. The Morgan fingerprint density at radius 1 is 1.39 bits per heavy atom. The molecule has 0 amide bonds. The summed E-state index contributed by atoms with van der Waals surface area (Å²) in [5.74, 6) is 1.64. The molecule has 0 aliphatic heterocycles. The number of methoxy groups -OCH3 is 1. The lowest BCUT2D eigenvalue weighted by Crippen LogP contribution is -2.17. The van der Waals surface area contributed by atoms with Gasteiger partial charge < -0.3 is 10.1 Å². The van der Waals surface area contributed by atoms with Gasteiger partial charge >= 0.3 is 0 Å². The molecule has 1 heterocycles. The number of hydrogen-bond donors (Lipinski definition) is 1. The summed E-state index contributed by atoms with van der Waals surface area (Å²) in [6, 6.07) is 5.94. The molecule has 1 unspecified atom stereocenters. The van der Waals surface area contributed by atoms with Crippen LogP contribution in [0.15, 0.2) is 18.2 Å². The molecular weight excluding hydrogens is 230 g/mol. The van der Waals surface area contributed by atoms with Gasteiger partial charge in [0.15, 0.2) is 5.82 Å². The predicted octanol–water partition coefficient (Wildman–Crippen LogP) is 1.26. The fraction of sp³-hybridized carbons (Fsp3) is 0.417. The highest BCUT2D eigenvalue weighted by Crippen LogP contribution is 2.21. The van der Waals surface area contributed by atoms with Crippen molar-refractivity contribution in [1.82, 2.24) is 25.5 Å². The first-order chi connectivity index (χ1) is 8.67. The predicted molar refractivity (Wildman–Crippen MR) is 67.9 cm³/mol. The minimum absolute atomic E-state index is 0.0856. The van der Waals surface area contributed by atoms with Crippen molar-refractivity contribution in [1.29, 1.82) is 0 Å². The van der Waals surface area contributed by atoms with Gasteiger partial charge in [0.25, 0.3) is 0 Å². The van der Waals surface area contributed by atoms with Crippen LogP contribution in [0, 0.1) is 6.92 Å². The minimum Gasteiger partial charge on any atom is -0.496 e. The number of aromatic nitrogens is 4. The van der Waals surface area contributed by atoms with Crippen LogP contribution in [0.2, 0.25) is 0 Å². The van der Waals surface area contributed by atoms with E-state index in [0.29, 0.717) is 0 Å². The number of tetrazole rings is 1. The average Bonchev–Trinajstić information content (AvgIpc) is 2.86. The van der Waals surface area contributed by atoms with Crippen LogP contribution in [-0.2, 0) is 0 Å². The Kier molecular flexibility index (Phi) is 3.57. The molecular formula is C12H17N5O. The van der Waals surface area contributed by atoms with E-state index in [0.717, 1.165) is 22.8 Å². The molecule has 1 atom stereocenters. The van der Waals surface area contributed by atoms with Crippen LogP contribution in [0.5, 0.6) is 5.75 Å². The van der Waals surface area contributed by atoms with Gasteiger partial charge in [-0.15, -0.1) is 5.10 Å². The topological polar surface area (TPSA) is 64.9 Å². The highest BCUT2D eigenvalue weighted by Gasteiger charge is 2.14. The number of hydrogen-bond acceptors (Lipinski definition) is 5. The Hall–Kier alpha value is -1.95. The van der Waals surface area contributed by atoms with Crippen molar-refractivity contribution in [2.75, 3.05) is 14.2 Å². The van der Waals surface area contributed by atoms with Crippen LogP contribution in [-0.4, -0.2) is 34.4 Å². The highest BCUT2D eigenvalue weighted by molar-refractivity contribution is 5.43. The van der Waals surface area contributed by atoms with E-state index in [9.17, 15) is 0 Å². The molecule has 96 valence electrons. The van der Waals surface area contributed by atoms with Crippen molar-refractivity contribution in [2.45, 2.75) is 19.9 Å². The van der Waals surface area contributed by atoms with Crippen molar-refractivity contribution in [3.8, 4) is 11.4 Å². The minimum atomic E-state index is 0.0856. The Morgan fingerprint density at radius 2 is 2.17 bits per heavy atom. The second kappa shape index (κ2) is 5.14. The molecule has 0 saturated carbocycles. The average molecular weight is 247 g/mol. The molecule has 1 N–H and O–H groups in total. The molecule has 1 aromatic heterocycles. The number of aryl methyl sites for hydroxylation is 1. The van der Waals surface area contributed by atoms with Crippen LogP contribution in [0.25, 0.3) is 5.69 Å². The van der Waals surface area contributed by atoms with E-state index in [4.69, 9.17) is 4.74 Å². The van der Waals surface area contributed by atoms with Gasteiger partial charge in [-0.3, -0.25) is 0 Å². The number of ether oxygens (including phenoxy) is 1. The number of benzene rings is 1. The van der Waals surface area contributed by atoms with Gasteiger partial charge in [-0.05, 0) is 55.1 Å². The standard InChI is InChI=1S/C12H17N5O/c1-8-7-10(5-6-11(8)18-4)17-12(9(2)13-3)14-15-16-17/h5-7,9,13H,1-4H3. The van der Waals surface area contributed by atoms with E-state index in [1.807, 2.05) is 39.1 Å². The highest BCUT2D eigenvalue weighted by atomic mass is 16.5. The Labute approximate surface area is 106 Å². The third kappa shape index (κ3) is 2.19. The van der Waals surface area contributed by atoms with Crippen molar-refractivity contribution < 1.29 is 4.74 Å². The third-order valence-corrected chi connectivity index (χ3v) is 2.94. The van der Waals surface area contributed by atoms with Crippen molar-refractivity contribution in [3.05, 3.63) is 29.6 Å². The zero-order valence-electron chi connectivity index (χ0n) is 11.0. The molecule has 6 heteroatoms. The molecule has 0 saturated heterocycles. The van der Waals surface area contributed by atoms with Crippen molar-refractivity contribution >= 4 is 0 Å². The molecule has 0 spiro atoms. The first kappa shape index (κ1) is 12.5. The summed E-state index contributed by atoms with van der Waals surface area (Å²) in [4.78, 5) is 0. The molecule has 0 aliphatic carbocycles. The first-order valence-corrected chi connectivity index (χ1v) is 5.78. The number of rotatable bonds is 4.